The number of hydrogen-bond acceptors (Lipinski definition) is 2. The van der Waals surface area contributed by atoms with Gasteiger partial charge in [0.05, 0.1) is 6.61 Å². The van der Waals surface area contributed by atoms with Crippen LogP contribution in [0.1, 0.15) is 40.0 Å². The zero-order chi connectivity index (χ0) is 9.23. The molecule has 0 saturated carbocycles. The van der Waals surface area contributed by atoms with E-state index in [0.29, 0.717) is 6.04 Å². The van der Waals surface area contributed by atoms with Crippen molar-refractivity contribution in [1.29, 1.82) is 0 Å². The number of unbranched alkanes of at least 4 members (excludes halogenated alkanes) is 1. The Labute approximate surface area is 76.7 Å². The molecule has 0 aromatic carbocycles. The molecule has 0 aliphatic carbocycles. The van der Waals surface area contributed by atoms with Gasteiger partial charge in [0.1, 0.15) is 0 Å². The van der Waals surface area contributed by atoms with E-state index in [1.165, 1.54) is 19.3 Å². The van der Waals surface area contributed by atoms with Crippen LogP contribution in [-0.2, 0) is 4.74 Å². The Morgan fingerprint density at radius 2 is 2.08 bits per heavy atom. The molecule has 0 spiro atoms. The van der Waals surface area contributed by atoms with Gasteiger partial charge >= 0.3 is 0 Å². The Morgan fingerprint density at radius 1 is 1.33 bits per heavy atom. The minimum Gasteiger partial charge on any atom is -0.380 e. The van der Waals surface area contributed by atoms with Gasteiger partial charge in [-0.3, -0.25) is 0 Å². The van der Waals surface area contributed by atoms with Crippen LogP contribution in [0.25, 0.3) is 0 Å². The molecule has 0 amide bonds. The molecule has 0 aliphatic rings. The second-order valence-electron chi connectivity index (χ2n) is 3.19. The van der Waals surface area contributed by atoms with Crippen LogP contribution in [0, 0.1) is 0 Å². The van der Waals surface area contributed by atoms with Gasteiger partial charge in [0.25, 0.3) is 0 Å². The molecule has 0 bridgehead atoms. The monoisotopic (exact) mass is 173 g/mol. The Bertz CT molecular complexity index is 85.9. The van der Waals surface area contributed by atoms with Gasteiger partial charge in [-0.2, -0.15) is 0 Å². The van der Waals surface area contributed by atoms with E-state index in [1.54, 1.807) is 0 Å². The summed E-state index contributed by atoms with van der Waals surface area (Å²) >= 11 is 0. The average Bonchev–Trinajstić information content (AvgIpc) is 2.09. The lowest BCUT2D eigenvalue weighted by atomic mass is 10.1. The van der Waals surface area contributed by atoms with Crippen LogP contribution in [0.3, 0.4) is 0 Å². The second kappa shape index (κ2) is 9.01. The highest BCUT2D eigenvalue weighted by Gasteiger charge is 1.98. The van der Waals surface area contributed by atoms with Crippen LogP contribution < -0.4 is 5.32 Å². The van der Waals surface area contributed by atoms with Crippen molar-refractivity contribution in [3.8, 4) is 0 Å². The van der Waals surface area contributed by atoms with Crippen molar-refractivity contribution in [2.75, 3.05) is 19.8 Å². The van der Waals surface area contributed by atoms with Crippen LogP contribution in [-0.4, -0.2) is 25.8 Å². The molecule has 74 valence electrons. The zero-order valence-electron chi connectivity index (χ0n) is 8.73. The fourth-order valence-electron chi connectivity index (χ4n) is 1.13. The second-order valence-corrected chi connectivity index (χ2v) is 3.19. The molecular formula is C10H23NO. The maximum atomic E-state index is 5.23. The van der Waals surface area contributed by atoms with Gasteiger partial charge in [0.2, 0.25) is 0 Å². The SMILES string of the molecule is CCCCC(C)NCCOCC. The molecule has 0 heterocycles. The van der Waals surface area contributed by atoms with Crippen molar-refractivity contribution in [3.63, 3.8) is 0 Å². The highest BCUT2D eigenvalue weighted by atomic mass is 16.5. The van der Waals surface area contributed by atoms with Gasteiger partial charge in [0.15, 0.2) is 0 Å². The Morgan fingerprint density at radius 3 is 2.67 bits per heavy atom. The smallest absolute Gasteiger partial charge is 0.0590 e. The van der Waals surface area contributed by atoms with Crippen LogP contribution in [0.4, 0.5) is 0 Å². The quantitative estimate of drug-likeness (QED) is 0.568. The summed E-state index contributed by atoms with van der Waals surface area (Å²) in [7, 11) is 0. The molecule has 0 rings (SSSR count). The third kappa shape index (κ3) is 8.02. The fraction of sp³-hybridized carbons (Fsp3) is 1.00. The summed E-state index contributed by atoms with van der Waals surface area (Å²) in [6.45, 7) is 9.14. The lowest BCUT2D eigenvalue weighted by molar-refractivity contribution is 0.147. The van der Waals surface area contributed by atoms with Crippen molar-refractivity contribution >= 4 is 0 Å². The first-order valence-corrected chi connectivity index (χ1v) is 5.12. The van der Waals surface area contributed by atoms with E-state index >= 15 is 0 Å². The highest BCUT2D eigenvalue weighted by molar-refractivity contribution is 4.59. The molecule has 1 atom stereocenters. The minimum absolute atomic E-state index is 0.644. The number of nitrogens with one attached hydrogen (secondary N) is 1. The summed E-state index contributed by atoms with van der Waals surface area (Å²) in [5, 5.41) is 3.43. The number of ether oxygens (including phenoxy) is 1. The summed E-state index contributed by atoms with van der Waals surface area (Å²) < 4.78 is 5.23. The molecule has 1 unspecified atom stereocenters. The molecule has 1 N–H and O–H groups in total. The van der Waals surface area contributed by atoms with E-state index in [0.717, 1.165) is 19.8 Å². The van der Waals surface area contributed by atoms with Crippen LogP contribution in [0.2, 0.25) is 0 Å². The van der Waals surface area contributed by atoms with Crippen molar-refractivity contribution in [3.05, 3.63) is 0 Å². The first kappa shape index (κ1) is 11.9. The van der Waals surface area contributed by atoms with E-state index in [4.69, 9.17) is 4.74 Å². The Kier molecular flexibility index (Phi) is 8.95. The van der Waals surface area contributed by atoms with Crippen molar-refractivity contribution in [2.24, 2.45) is 0 Å². The predicted molar refractivity (Wildman–Crippen MR) is 53.5 cm³/mol. The standard InChI is InChI=1S/C10H23NO/c1-4-6-7-10(3)11-8-9-12-5-2/h10-11H,4-9H2,1-3H3. The molecule has 12 heavy (non-hydrogen) atoms. The topological polar surface area (TPSA) is 21.3 Å². The molecule has 0 saturated heterocycles. The molecule has 0 fully saturated rings. The summed E-state index contributed by atoms with van der Waals surface area (Å²) in [5.41, 5.74) is 0. The minimum atomic E-state index is 0.644. The van der Waals surface area contributed by atoms with E-state index in [-0.39, 0.29) is 0 Å². The normalized spacial score (nSPS) is 13.2. The highest BCUT2D eigenvalue weighted by Crippen LogP contribution is 1.98. The van der Waals surface area contributed by atoms with E-state index in [1.807, 2.05) is 6.92 Å². The Balaban J connectivity index is 3.02. The maximum Gasteiger partial charge on any atom is 0.0590 e. The number of hydrogen-bond donors (Lipinski definition) is 1. The van der Waals surface area contributed by atoms with Gasteiger partial charge in [-0.25, -0.2) is 0 Å². The van der Waals surface area contributed by atoms with Crippen molar-refractivity contribution < 1.29 is 4.74 Å². The van der Waals surface area contributed by atoms with Gasteiger partial charge in [0, 0.05) is 19.2 Å². The third-order valence-corrected chi connectivity index (χ3v) is 1.93. The van der Waals surface area contributed by atoms with E-state index in [2.05, 4.69) is 19.2 Å². The lowest BCUT2D eigenvalue weighted by Crippen LogP contribution is -2.29. The van der Waals surface area contributed by atoms with Crippen LogP contribution >= 0.6 is 0 Å². The van der Waals surface area contributed by atoms with Gasteiger partial charge in [-0.1, -0.05) is 19.8 Å². The first-order valence-electron chi connectivity index (χ1n) is 5.12. The summed E-state index contributed by atoms with van der Waals surface area (Å²) in [5.74, 6) is 0. The molecule has 2 nitrogen and oxygen atoms in total. The molecule has 0 aromatic rings. The first-order chi connectivity index (χ1) is 5.81. The summed E-state index contributed by atoms with van der Waals surface area (Å²) in [6.07, 6.45) is 3.89. The largest absolute Gasteiger partial charge is 0.380 e. The molecule has 0 aromatic heterocycles. The fourth-order valence-corrected chi connectivity index (χ4v) is 1.13. The van der Waals surface area contributed by atoms with Crippen LogP contribution in [0.5, 0.6) is 0 Å². The van der Waals surface area contributed by atoms with Gasteiger partial charge in [-0.15, -0.1) is 0 Å². The maximum absolute atomic E-state index is 5.23. The lowest BCUT2D eigenvalue weighted by Gasteiger charge is -2.12. The van der Waals surface area contributed by atoms with E-state index < -0.39 is 0 Å². The van der Waals surface area contributed by atoms with Crippen molar-refractivity contribution in [2.45, 2.75) is 46.1 Å². The summed E-state index contributed by atoms with van der Waals surface area (Å²) in [6, 6.07) is 0.644. The molecule has 0 radical (unpaired) electrons. The van der Waals surface area contributed by atoms with Gasteiger partial charge < -0.3 is 10.1 Å². The molecule has 2 heteroatoms. The third-order valence-electron chi connectivity index (χ3n) is 1.93. The number of rotatable bonds is 8. The predicted octanol–water partition coefficient (Wildman–Crippen LogP) is 2.19. The molecule has 0 aliphatic heterocycles. The summed E-state index contributed by atoms with van der Waals surface area (Å²) in [4.78, 5) is 0. The molecular weight excluding hydrogens is 150 g/mol. The van der Waals surface area contributed by atoms with E-state index in [9.17, 15) is 0 Å². The Hall–Kier alpha value is -0.0800. The zero-order valence-corrected chi connectivity index (χ0v) is 8.73. The van der Waals surface area contributed by atoms with Crippen molar-refractivity contribution in [1.82, 2.24) is 5.32 Å². The average molecular weight is 173 g/mol. The van der Waals surface area contributed by atoms with Gasteiger partial charge in [-0.05, 0) is 20.3 Å². The van der Waals surface area contributed by atoms with Crippen LogP contribution in [0.15, 0.2) is 0 Å².